The molecule has 1 aromatic rings. The Bertz CT molecular complexity index is 853. The average Bonchev–Trinajstić information content (AvgIpc) is 3.18. The normalized spacial score (nSPS) is 18.4. The fourth-order valence-corrected chi connectivity index (χ4v) is 5.90. The zero-order valence-electron chi connectivity index (χ0n) is 13.0. The third-order valence-corrected chi connectivity index (χ3v) is 8.25. The van der Waals surface area contributed by atoms with E-state index in [1.54, 1.807) is 0 Å². The number of benzene rings is 1. The SMILES string of the molecule is Cc1cc(C(=O)O)ccc1S(=O)(=O)NC(C)C1(S(C)(=O)=O)CC1. The molecule has 0 radical (unpaired) electrons. The van der Waals surface area contributed by atoms with Crippen LogP contribution in [0.5, 0.6) is 0 Å². The van der Waals surface area contributed by atoms with E-state index in [1.165, 1.54) is 32.0 Å². The van der Waals surface area contributed by atoms with E-state index in [0.717, 1.165) is 6.26 Å². The van der Waals surface area contributed by atoms with Gasteiger partial charge in [-0.15, -0.1) is 0 Å². The second-order valence-corrected chi connectivity index (χ2v) is 10.0. The van der Waals surface area contributed by atoms with Gasteiger partial charge in [0.2, 0.25) is 10.0 Å². The summed E-state index contributed by atoms with van der Waals surface area (Å²) in [5.41, 5.74) is 0.276. The molecule has 7 nitrogen and oxygen atoms in total. The van der Waals surface area contributed by atoms with Crippen LogP contribution in [0.1, 0.15) is 35.7 Å². The summed E-state index contributed by atoms with van der Waals surface area (Å²) in [6, 6.07) is 2.93. The number of carbonyl (C=O) groups is 1. The highest BCUT2D eigenvalue weighted by Gasteiger charge is 2.57. The number of aromatic carboxylic acids is 1. The fraction of sp³-hybridized carbons (Fsp3) is 0.500. The van der Waals surface area contributed by atoms with Crippen molar-refractivity contribution in [2.24, 2.45) is 0 Å². The van der Waals surface area contributed by atoms with Crippen LogP contribution < -0.4 is 4.72 Å². The van der Waals surface area contributed by atoms with E-state index in [2.05, 4.69) is 4.72 Å². The molecule has 128 valence electrons. The molecule has 0 bridgehead atoms. The maximum atomic E-state index is 12.5. The Labute approximate surface area is 135 Å². The lowest BCUT2D eigenvalue weighted by Crippen LogP contribution is -2.46. The van der Waals surface area contributed by atoms with Gasteiger partial charge in [-0.1, -0.05) is 0 Å². The number of carboxylic acids is 1. The summed E-state index contributed by atoms with van der Waals surface area (Å²) in [7, 11) is -7.32. The molecule has 0 heterocycles. The molecule has 0 amide bonds. The maximum absolute atomic E-state index is 12.5. The van der Waals surface area contributed by atoms with Crippen molar-refractivity contribution in [3.8, 4) is 0 Å². The van der Waals surface area contributed by atoms with Gasteiger partial charge in [0.25, 0.3) is 0 Å². The summed E-state index contributed by atoms with van der Waals surface area (Å²) < 4.78 is 50.1. The van der Waals surface area contributed by atoms with E-state index in [-0.39, 0.29) is 16.0 Å². The molecule has 2 rings (SSSR count). The van der Waals surface area contributed by atoms with Crippen molar-refractivity contribution in [3.05, 3.63) is 29.3 Å². The van der Waals surface area contributed by atoms with Crippen molar-refractivity contribution in [3.63, 3.8) is 0 Å². The number of hydrogen-bond donors (Lipinski definition) is 2. The fourth-order valence-electron chi connectivity index (χ4n) is 2.74. The van der Waals surface area contributed by atoms with Crippen LogP contribution in [-0.2, 0) is 19.9 Å². The minimum Gasteiger partial charge on any atom is -0.478 e. The van der Waals surface area contributed by atoms with Gasteiger partial charge < -0.3 is 5.11 Å². The molecule has 1 atom stereocenters. The summed E-state index contributed by atoms with van der Waals surface area (Å²) in [6.07, 6.45) is 1.95. The molecule has 0 spiro atoms. The highest BCUT2D eigenvalue weighted by molar-refractivity contribution is 7.92. The van der Waals surface area contributed by atoms with Crippen molar-refractivity contribution in [2.75, 3.05) is 6.26 Å². The van der Waals surface area contributed by atoms with Crippen molar-refractivity contribution >= 4 is 25.8 Å². The standard InChI is InChI=1S/C14H19NO6S2/c1-9-8-11(13(16)17)4-5-12(9)23(20,21)15-10(2)14(6-7-14)22(3,18)19/h4-5,8,10,15H,6-7H2,1-3H3,(H,16,17). The van der Waals surface area contributed by atoms with Crippen molar-refractivity contribution in [1.29, 1.82) is 0 Å². The lowest BCUT2D eigenvalue weighted by atomic mass is 10.1. The maximum Gasteiger partial charge on any atom is 0.335 e. The van der Waals surface area contributed by atoms with Crippen LogP contribution in [0.25, 0.3) is 0 Å². The summed E-state index contributed by atoms with van der Waals surface area (Å²) in [4.78, 5) is 10.9. The molecule has 2 N–H and O–H groups in total. The third kappa shape index (κ3) is 3.26. The Hall–Kier alpha value is -1.45. The Morgan fingerprint density at radius 2 is 1.83 bits per heavy atom. The zero-order chi connectivity index (χ0) is 17.6. The first-order valence-corrected chi connectivity index (χ1v) is 10.3. The number of sulfonamides is 1. The highest BCUT2D eigenvalue weighted by Crippen LogP contribution is 2.46. The van der Waals surface area contributed by atoms with E-state index in [1.807, 2.05) is 0 Å². The van der Waals surface area contributed by atoms with Crippen LogP contribution in [0.2, 0.25) is 0 Å². The Morgan fingerprint density at radius 3 is 2.22 bits per heavy atom. The predicted molar refractivity (Wildman–Crippen MR) is 84.7 cm³/mol. The first-order valence-electron chi connectivity index (χ1n) is 6.96. The van der Waals surface area contributed by atoms with E-state index >= 15 is 0 Å². The monoisotopic (exact) mass is 361 g/mol. The first-order chi connectivity index (χ1) is 10.4. The zero-order valence-corrected chi connectivity index (χ0v) is 14.7. The number of sulfone groups is 1. The largest absolute Gasteiger partial charge is 0.478 e. The van der Waals surface area contributed by atoms with Crippen LogP contribution in [-0.4, -0.2) is 45.0 Å². The van der Waals surface area contributed by atoms with Gasteiger partial charge in [0.1, 0.15) is 0 Å². The minimum absolute atomic E-state index is 0.00991. The molecule has 0 saturated heterocycles. The van der Waals surface area contributed by atoms with Crippen molar-refractivity contribution in [1.82, 2.24) is 4.72 Å². The number of nitrogens with one attached hydrogen (secondary N) is 1. The van der Waals surface area contributed by atoms with Crippen molar-refractivity contribution in [2.45, 2.75) is 42.4 Å². The molecular formula is C14H19NO6S2. The van der Waals surface area contributed by atoms with E-state index in [9.17, 15) is 21.6 Å². The molecule has 9 heteroatoms. The van der Waals surface area contributed by atoms with Gasteiger partial charge in [0.15, 0.2) is 9.84 Å². The Kier molecular flexibility index (Phi) is 4.33. The molecule has 1 aliphatic carbocycles. The van der Waals surface area contributed by atoms with Crippen LogP contribution in [0, 0.1) is 6.92 Å². The molecule has 23 heavy (non-hydrogen) atoms. The van der Waals surface area contributed by atoms with Crippen LogP contribution in [0.4, 0.5) is 0 Å². The smallest absolute Gasteiger partial charge is 0.335 e. The number of rotatable bonds is 6. The second-order valence-electron chi connectivity index (χ2n) is 5.97. The van der Waals surface area contributed by atoms with Gasteiger partial charge in [-0.05, 0) is 50.5 Å². The summed E-state index contributed by atoms with van der Waals surface area (Å²) in [5.74, 6) is -1.15. The van der Waals surface area contributed by atoms with Gasteiger partial charge >= 0.3 is 5.97 Å². The molecule has 1 unspecified atom stereocenters. The lowest BCUT2D eigenvalue weighted by molar-refractivity contribution is 0.0696. The Balaban J connectivity index is 2.32. The van der Waals surface area contributed by atoms with Crippen LogP contribution >= 0.6 is 0 Å². The molecule has 1 aromatic carbocycles. The third-order valence-electron chi connectivity index (χ3n) is 4.31. The minimum atomic E-state index is -3.94. The van der Waals surface area contributed by atoms with E-state index in [0.29, 0.717) is 12.8 Å². The first kappa shape index (κ1) is 17.9. The average molecular weight is 361 g/mol. The van der Waals surface area contributed by atoms with Gasteiger partial charge in [0.05, 0.1) is 15.2 Å². The predicted octanol–water partition coefficient (Wildman–Crippen LogP) is 0.937. The van der Waals surface area contributed by atoms with Crippen molar-refractivity contribution < 1.29 is 26.7 Å². The van der Waals surface area contributed by atoms with E-state index in [4.69, 9.17) is 5.11 Å². The lowest BCUT2D eigenvalue weighted by Gasteiger charge is -2.23. The Morgan fingerprint density at radius 1 is 1.26 bits per heavy atom. The number of carboxylic acid groups (broad SMARTS) is 1. The summed E-state index contributed by atoms with van der Waals surface area (Å²) in [5, 5.41) is 8.92. The molecule has 1 aliphatic rings. The topological polar surface area (TPSA) is 118 Å². The van der Waals surface area contributed by atoms with Gasteiger partial charge in [-0.25, -0.2) is 26.4 Å². The molecule has 0 aliphatic heterocycles. The molecular weight excluding hydrogens is 342 g/mol. The summed E-state index contributed by atoms with van der Waals surface area (Å²) >= 11 is 0. The van der Waals surface area contributed by atoms with Gasteiger partial charge in [-0.2, -0.15) is 0 Å². The molecule has 1 fully saturated rings. The van der Waals surface area contributed by atoms with Crippen LogP contribution in [0.3, 0.4) is 0 Å². The molecule has 0 aromatic heterocycles. The second kappa shape index (κ2) is 5.57. The summed E-state index contributed by atoms with van der Waals surface area (Å²) in [6.45, 7) is 3.03. The van der Waals surface area contributed by atoms with E-state index < -0.39 is 36.6 Å². The number of hydrogen-bond acceptors (Lipinski definition) is 5. The van der Waals surface area contributed by atoms with Gasteiger partial charge in [0, 0.05) is 12.3 Å². The number of aryl methyl sites for hydroxylation is 1. The van der Waals surface area contributed by atoms with Crippen LogP contribution in [0.15, 0.2) is 23.1 Å². The molecule has 1 saturated carbocycles. The quantitative estimate of drug-likeness (QED) is 0.778. The highest BCUT2D eigenvalue weighted by atomic mass is 32.2. The van der Waals surface area contributed by atoms with Gasteiger partial charge in [-0.3, -0.25) is 0 Å².